The summed E-state index contributed by atoms with van der Waals surface area (Å²) in [4.78, 5) is 8.23. The average Bonchev–Trinajstić information content (AvgIpc) is 3.44. The van der Waals surface area contributed by atoms with Crippen LogP contribution >= 0.6 is 0 Å². The number of nitrogens with one attached hydrogen (secondary N) is 1. The van der Waals surface area contributed by atoms with Gasteiger partial charge >= 0.3 is 0 Å². The zero-order chi connectivity index (χ0) is 20.4. The molecule has 4 aromatic heterocycles. The summed E-state index contributed by atoms with van der Waals surface area (Å²) in [6, 6.07) is 6.46. The number of pyridine rings is 1. The van der Waals surface area contributed by atoms with Gasteiger partial charge in [-0.2, -0.15) is 4.98 Å². The van der Waals surface area contributed by atoms with E-state index in [1.54, 1.807) is 31.5 Å². The normalized spacial score (nSPS) is 11.8. The van der Waals surface area contributed by atoms with Gasteiger partial charge in [0.25, 0.3) is 10.0 Å². The lowest BCUT2D eigenvalue weighted by atomic mass is 10.2. The van der Waals surface area contributed by atoms with Crippen molar-refractivity contribution in [2.75, 3.05) is 6.54 Å². The number of furan rings is 1. The minimum absolute atomic E-state index is 0.0630. The summed E-state index contributed by atoms with van der Waals surface area (Å²) in [6.45, 7) is 3.68. The van der Waals surface area contributed by atoms with Crippen LogP contribution in [0.25, 0.3) is 22.9 Å². The van der Waals surface area contributed by atoms with E-state index in [0.717, 1.165) is 5.56 Å². The van der Waals surface area contributed by atoms with E-state index >= 15 is 0 Å². The number of hydrogen-bond donors (Lipinski definition) is 1. The van der Waals surface area contributed by atoms with Crippen molar-refractivity contribution in [2.45, 2.75) is 25.4 Å². The van der Waals surface area contributed by atoms with Crippen LogP contribution < -0.4 is 4.72 Å². The number of sulfonamides is 1. The second-order valence-corrected chi connectivity index (χ2v) is 7.94. The zero-order valence-corrected chi connectivity index (χ0v) is 16.4. The Morgan fingerprint density at radius 2 is 1.97 bits per heavy atom. The SMILES string of the molecule is Cc1noc(-c2ccc(S(=O)(=O)NCCc3nc(-c4cccnc4)no3)o2)c1C. The Morgan fingerprint density at radius 1 is 1.10 bits per heavy atom. The van der Waals surface area contributed by atoms with Crippen LogP contribution in [0, 0.1) is 13.8 Å². The number of aromatic nitrogens is 4. The number of hydrogen-bond acceptors (Lipinski definition) is 9. The van der Waals surface area contributed by atoms with Gasteiger partial charge in [0, 0.05) is 36.5 Å². The lowest BCUT2D eigenvalue weighted by Gasteiger charge is -2.02. The largest absolute Gasteiger partial charge is 0.440 e. The molecule has 4 rings (SSSR count). The van der Waals surface area contributed by atoms with Crippen molar-refractivity contribution in [3.63, 3.8) is 0 Å². The van der Waals surface area contributed by atoms with Crippen molar-refractivity contribution in [1.29, 1.82) is 0 Å². The molecule has 0 unspecified atom stereocenters. The molecule has 1 N–H and O–H groups in total. The van der Waals surface area contributed by atoms with Gasteiger partial charge in [-0.25, -0.2) is 13.1 Å². The quantitative estimate of drug-likeness (QED) is 0.482. The van der Waals surface area contributed by atoms with Gasteiger partial charge in [0.1, 0.15) is 0 Å². The second kappa shape index (κ2) is 7.60. The highest BCUT2D eigenvalue weighted by Crippen LogP contribution is 2.28. The molecule has 0 spiro atoms. The van der Waals surface area contributed by atoms with E-state index in [0.29, 0.717) is 34.5 Å². The molecular formula is C18H17N5O5S. The highest BCUT2D eigenvalue weighted by atomic mass is 32.2. The van der Waals surface area contributed by atoms with Crippen LogP contribution in [-0.4, -0.2) is 35.2 Å². The monoisotopic (exact) mass is 415 g/mol. The van der Waals surface area contributed by atoms with E-state index in [9.17, 15) is 8.42 Å². The van der Waals surface area contributed by atoms with Gasteiger partial charge < -0.3 is 13.5 Å². The molecule has 0 aliphatic carbocycles. The van der Waals surface area contributed by atoms with E-state index in [-0.39, 0.29) is 18.1 Å². The van der Waals surface area contributed by atoms with Gasteiger partial charge in [0.15, 0.2) is 5.76 Å². The molecule has 0 amide bonds. The molecule has 0 aliphatic heterocycles. The van der Waals surface area contributed by atoms with Crippen LogP contribution in [0.1, 0.15) is 17.1 Å². The maximum Gasteiger partial charge on any atom is 0.273 e. The topological polar surface area (TPSA) is 137 Å². The van der Waals surface area contributed by atoms with E-state index in [2.05, 4.69) is 25.0 Å². The van der Waals surface area contributed by atoms with E-state index in [1.165, 1.54) is 12.1 Å². The van der Waals surface area contributed by atoms with Crippen LogP contribution in [-0.2, 0) is 16.4 Å². The summed E-state index contributed by atoms with van der Waals surface area (Å²) >= 11 is 0. The van der Waals surface area contributed by atoms with Crippen molar-refractivity contribution >= 4 is 10.0 Å². The molecule has 10 nitrogen and oxygen atoms in total. The smallest absolute Gasteiger partial charge is 0.273 e. The highest BCUT2D eigenvalue weighted by molar-refractivity contribution is 7.89. The molecule has 29 heavy (non-hydrogen) atoms. The maximum atomic E-state index is 12.5. The Labute approximate surface area is 166 Å². The summed E-state index contributed by atoms with van der Waals surface area (Å²) < 4.78 is 43.2. The lowest BCUT2D eigenvalue weighted by molar-refractivity contribution is 0.378. The van der Waals surface area contributed by atoms with Crippen LogP contribution in [0.2, 0.25) is 0 Å². The number of nitrogens with zero attached hydrogens (tertiary/aromatic N) is 4. The van der Waals surface area contributed by atoms with Gasteiger partial charge in [-0.3, -0.25) is 4.98 Å². The zero-order valence-electron chi connectivity index (χ0n) is 15.6. The Bertz CT molecular complexity index is 1230. The molecule has 0 aliphatic rings. The second-order valence-electron chi connectivity index (χ2n) is 6.24. The first-order chi connectivity index (χ1) is 13.9. The van der Waals surface area contributed by atoms with Crippen LogP contribution in [0.15, 0.2) is 55.2 Å². The first-order valence-corrected chi connectivity index (χ1v) is 10.2. The molecule has 4 aromatic rings. The number of aryl methyl sites for hydroxylation is 1. The van der Waals surface area contributed by atoms with Crippen molar-refractivity contribution < 1.29 is 21.9 Å². The first-order valence-electron chi connectivity index (χ1n) is 8.70. The fraction of sp³-hybridized carbons (Fsp3) is 0.222. The summed E-state index contributed by atoms with van der Waals surface area (Å²) in [5.74, 6) is 1.39. The summed E-state index contributed by atoms with van der Waals surface area (Å²) in [7, 11) is -3.85. The Kier molecular flexibility index (Phi) is 4.99. The van der Waals surface area contributed by atoms with E-state index in [1.807, 2.05) is 6.92 Å². The molecule has 4 heterocycles. The van der Waals surface area contributed by atoms with Gasteiger partial charge in [-0.05, 0) is 38.1 Å². The third-order valence-corrected chi connectivity index (χ3v) is 5.58. The van der Waals surface area contributed by atoms with Crippen molar-refractivity contribution in [3.8, 4) is 22.9 Å². The molecule has 0 saturated heterocycles. The first kappa shape index (κ1) is 19.0. The molecular weight excluding hydrogens is 398 g/mol. The van der Waals surface area contributed by atoms with Crippen molar-refractivity contribution in [1.82, 2.24) is 25.0 Å². The predicted octanol–water partition coefficient (Wildman–Crippen LogP) is 2.52. The molecule has 11 heteroatoms. The minimum Gasteiger partial charge on any atom is -0.440 e. The highest BCUT2D eigenvalue weighted by Gasteiger charge is 2.22. The minimum atomic E-state index is -3.85. The third-order valence-electron chi connectivity index (χ3n) is 4.25. The Hall–Kier alpha value is -3.31. The van der Waals surface area contributed by atoms with Gasteiger partial charge in [-0.15, -0.1) is 0 Å². The summed E-state index contributed by atoms with van der Waals surface area (Å²) in [5.41, 5.74) is 2.21. The number of rotatable bonds is 7. The third kappa shape index (κ3) is 3.96. The Morgan fingerprint density at radius 3 is 2.69 bits per heavy atom. The van der Waals surface area contributed by atoms with Gasteiger partial charge in [0.05, 0.1) is 5.69 Å². The van der Waals surface area contributed by atoms with Crippen LogP contribution in [0.5, 0.6) is 0 Å². The van der Waals surface area contributed by atoms with Crippen molar-refractivity contribution in [2.24, 2.45) is 0 Å². The molecule has 0 atom stereocenters. The van der Waals surface area contributed by atoms with Gasteiger partial charge in [-0.1, -0.05) is 10.3 Å². The molecule has 0 aromatic carbocycles. The molecule has 0 radical (unpaired) electrons. The molecule has 0 bridgehead atoms. The average molecular weight is 415 g/mol. The van der Waals surface area contributed by atoms with Crippen LogP contribution in [0.3, 0.4) is 0 Å². The van der Waals surface area contributed by atoms with E-state index < -0.39 is 10.0 Å². The van der Waals surface area contributed by atoms with Crippen molar-refractivity contribution in [3.05, 3.63) is 53.8 Å². The Balaban J connectivity index is 1.40. The lowest BCUT2D eigenvalue weighted by Crippen LogP contribution is -2.25. The van der Waals surface area contributed by atoms with Gasteiger partial charge in [0.2, 0.25) is 22.6 Å². The molecule has 0 fully saturated rings. The maximum absolute atomic E-state index is 12.5. The predicted molar refractivity (Wildman–Crippen MR) is 100 cm³/mol. The fourth-order valence-corrected chi connectivity index (χ4v) is 3.52. The standard InChI is InChI=1S/C18H17N5O5S/c1-11-12(2)22-28-17(11)14-5-6-16(26-14)29(24,25)20-9-7-15-21-18(23-27-15)13-4-3-8-19-10-13/h3-6,8,10,20H,7,9H2,1-2H3. The summed E-state index contributed by atoms with van der Waals surface area (Å²) in [6.07, 6.45) is 3.48. The van der Waals surface area contributed by atoms with E-state index in [4.69, 9.17) is 13.5 Å². The fourth-order valence-electron chi connectivity index (χ4n) is 2.56. The van der Waals surface area contributed by atoms with Crippen LogP contribution in [0.4, 0.5) is 0 Å². The summed E-state index contributed by atoms with van der Waals surface area (Å²) in [5, 5.41) is 7.49. The molecule has 150 valence electrons. The molecule has 0 saturated carbocycles.